The molecule has 0 aliphatic carbocycles. The molecule has 2 amide bonds. The highest BCUT2D eigenvalue weighted by Crippen LogP contribution is 2.36. The van der Waals surface area contributed by atoms with Crippen LogP contribution < -0.4 is 9.63 Å². The average Bonchev–Trinajstić information content (AvgIpc) is 3.01. The Morgan fingerprint density at radius 2 is 1.90 bits per heavy atom. The number of esters is 1. The molecule has 1 fully saturated rings. The maximum absolute atomic E-state index is 13.1. The molecule has 1 aliphatic rings. The van der Waals surface area contributed by atoms with E-state index in [1.54, 1.807) is 48.5 Å². The molecule has 3 aromatic rings. The lowest BCUT2D eigenvalue weighted by atomic mass is 9.93. The zero-order valence-corrected chi connectivity index (χ0v) is 15.7. The fourth-order valence-corrected chi connectivity index (χ4v) is 3.70. The molecule has 0 N–H and O–H groups in total. The minimum Gasteiger partial charge on any atom is -0.618 e. The number of aromatic nitrogens is 1. The number of pyridine rings is 1. The van der Waals surface area contributed by atoms with E-state index in [2.05, 4.69) is 0 Å². The Morgan fingerprint density at radius 1 is 1.14 bits per heavy atom. The number of hydrogen-bond donors (Lipinski definition) is 0. The molecule has 1 unspecified atom stereocenters. The summed E-state index contributed by atoms with van der Waals surface area (Å²) < 4.78 is 5.76. The molecule has 0 saturated carbocycles. The molecule has 4 rings (SSSR count). The second kappa shape index (κ2) is 7.35. The topological polar surface area (TPSA) is 90.6 Å². The van der Waals surface area contributed by atoms with Gasteiger partial charge in [0, 0.05) is 30.5 Å². The van der Waals surface area contributed by atoms with E-state index in [0.717, 1.165) is 0 Å². The number of rotatable bonds is 4. The summed E-state index contributed by atoms with van der Waals surface area (Å²) in [4.78, 5) is 38.0. The number of benzene rings is 2. The van der Waals surface area contributed by atoms with Gasteiger partial charge in [-0.05, 0) is 18.2 Å². The predicted molar refractivity (Wildman–Crippen MR) is 105 cm³/mol. The monoisotopic (exact) mass is 390 g/mol. The van der Waals surface area contributed by atoms with Crippen molar-refractivity contribution >= 4 is 34.4 Å². The number of amides is 2. The van der Waals surface area contributed by atoms with Crippen molar-refractivity contribution in [1.82, 2.24) is 0 Å². The summed E-state index contributed by atoms with van der Waals surface area (Å²) in [6.07, 6.45) is 1.31. The van der Waals surface area contributed by atoms with Crippen molar-refractivity contribution in [2.75, 3.05) is 4.90 Å². The van der Waals surface area contributed by atoms with Crippen molar-refractivity contribution in [2.24, 2.45) is 0 Å². The van der Waals surface area contributed by atoms with Gasteiger partial charge in [0.1, 0.15) is 6.61 Å². The summed E-state index contributed by atoms with van der Waals surface area (Å²) >= 11 is 0. The smallest absolute Gasteiger partial charge is 0.302 e. The second-order valence-electron chi connectivity index (χ2n) is 6.85. The zero-order chi connectivity index (χ0) is 20.5. The molecule has 1 atom stereocenters. The molecule has 0 radical (unpaired) electrons. The van der Waals surface area contributed by atoms with Gasteiger partial charge in [0.25, 0.3) is 0 Å². The van der Waals surface area contributed by atoms with Crippen molar-refractivity contribution in [3.05, 3.63) is 77.1 Å². The number of carbonyl (C=O) groups is 3. The largest absolute Gasteiger partial charge is 0.618 e. The molecule has 7 nitrogen and oxygen atoms in total. The Hall–Kier alpha value is -3.74. The minimum absolute atomic E-state index is 0.0129. The van der Waals surface area contributed by atoms with E-state index in [1.807, 2.05) is 6.07 Å². The van der Waals surface area contributed by atoms with Gasteiger partial charge < -0.3 is 9.94 Å². The van der Waals surface area contributed by atoms with Crippen molar-refractivity contribution in [1.29, 1.82) is 0 Å². The SMILES string of the molecule is CC(=O)OCc1cc[n+]([O-])c2c(C3CC(=O)N(c4ccccc4)C3=O)cccc12. The molecule has 2 aromatic carbocycles. The van der Waals surface area contributed by atoms with Crippen LogP contribution in [0, 0.1) is 5.21 Å². The quantitative estimate of drug-likeness (QED) is 0.296. The highest BCUT2D eigenvalue weighted by Gasteiger charge is 2.42. The van der Waals surface area contributed by atoms with Crippen LogP contribution in [0.5, 0.6) is 0 Å². The molecule has 1 aromatic heterocycles. The maximum Gasteiger partial charge on any atom is 0.302 e. The van der Waals surface area contributed by atoms with Gasteiger partial charge in [-0.3, -0.25) is 19.3 Å². The van der Waals surface area contributed by atoms with Crippen LogP contribution in [-0.2, 0) is 25.7 Å². The van der Waals surface area contributed by atoms with Gasteiger partial charge in [-0.2, -0.15) is 4.73 Å². The molecule has 7 heteroatoms. The lowest BCUT2D eigenvalue weighted by Gasteiger charge is -2.16. The van der Waals surface area contributed by atoms with Crippen LogP contribution in [0.1, 0.15) is 30.4 Å². The third-order valence-corrected chi connectivity index (χ3v) is 5.01. The molecule has 146 valence electrons. The summed E-state index contributed by atoms with van der Waals surface area (Å²) in [6.45, 7) is 1.33. The minimum atomic E-state index is -0.754. The first kappa shape index (κ1) is 18.6. The summed E-state index contributed by atoms with van der Waals surface area (Å²) in [6, 6.07) is 15.5. The number of ether oxygens (including phenoxy) is 1. The Labute approximate surface area is 166 Å². The lowest BCUT2D eigenvalue weighted by Crippen LogP contribution is -2.31. The van der Waals surface area contributed by atoms with Crippen LogP contribution >= 0.6 is 0 Å². The number of imide groups is 1. The molecule has 1 aliphatic heterocycles. The van der Waals surface area contributed by atoms with E-state index in [1.165, 1.54) is 18.0 Å². The van der Waals surface area contributed by atoms with Crippen molar-refractivity contribution < 1.29 is 23.9 Å². The highest BCUT2D eigenvalue weighted by molar-refractivity contribution is 6.23. The number of hydrogen-bond acceptors (Lipinski definition) is 5. The van der Waals surface area contributed by atoms with E-state index in [4.69, 9.17) is 4.74 Å². The second-order valence-corrected chi connectivity index (χ2v) is 6.85. The standard InChI is InChI=1S/C22H18N2O5/c1-14(25)29-13-15-10-11-23(28)21-17(15)8-5-9-18(21)19-12-20(26)24(22(19)27)16-6-3-2-4-7-16/h2-11,19H,12-13H2,1H3. The molecular formula is C22H18N2O5. The van der Waals surface area contributed by atoms with Crippen molar-refractivity contribution in [3.63, 3.8) is 0 Å². The van der Waals surface area contributed by atoms with E-state index >= 15 is 0 Å². The van der Waals surface area contributed by atoms with Crippen LogP contribution in [0.25, 0.3) is 10.9 Å². The van der Waals surface area contributed by atoms with Crippen LogP contribution in [0.2, 0.25) is 0 Å². The van der Waals surface area contributed by atoms with Crippen LogP contribution in [-0.4, -0.2) is 17.8 Å². The van der Waals surface area contributed by atoms with Gasteiger partial charge in [-0.15, -0.1) is 0 Å². The highest BCUT2D eigenvalue weighted by atomic mass is 16.5. The van der Waals surface area contributed by atoms with Gasteiger partial charge >= 0.3 is 5.97 Å². The van der Waals surface area contributed by atoms with Crippen LogP contribution in [0.15, 0.2) is 60.8 Å². The Balaban J connectivity index is 1.78. The van der Waals surface area contributed by atoms with Gasteiger partial charge in [0.05, 0.1) is 17.0 Å². The van der Waals surface area contributed by atoms with E-state index in [9.17, 15) is 19.6 Å². The normalized spacial score (nSPS) is 16.4. The van der Waals surface area contributed by atoms with E-state index in [0.29, 0.717) is 32.4 Å². The third kappa shape index (κ3) is 3.31. The summed E-state index contributed by atoms with van der Waals surface area (Å²) in [5.74, 6) is -1.85. The number of anilines is 1. The van der Waals surface area contributed by atoms with Crippen molar-refractivity contribution in [3.8, 4) is 0 Å². The molecule has 2 heterocycles. The third-order valence-electron chi connectivity index (χ3n) is 5.01. The first-order chi connectivity index (χ1) is 14.0. The van der Waals surface area contributed by atoms with Gasteiger partial charge in [-0.1, -0.05) is 30.3 Å². The number of nitrogens with zero attached hydrogens (tertiary/aromatic N) is 2. The fourth-order valence-electron chi connectivity index (χ4n) is 3.70. The van der Waals surface area contributed by atoms with E-state index < -0.39 is 11.9 Å². The Morgan fingerprint density at radius 3 is 2.62 bits per heavy atom. The first-order valence-electron chi connectivity index (χ1n) is 9.16. The average molecular weight is 390 g/mol. The summed E-state index contributed by atoms with van der Waals surface area (Å²) in [7, 11) is 0. The maximum atomic E-state index is 13.1. The molecule has 0 spiro atoms. The van der Waals surface area contributed by atoms with Crippen LogP contribution in [0.3, 0.4) is 0 Å². The Kier molecular flexibility index (Phi) is 4.72. The number of para-hydroxylation sites is 2. The zero-order valence-electron chi connectivity index (χ0n) is 15.7. The molecule has 29 heavy (non-hydrogen) atoms. The number of carbonyl (C=O) groups excluding carboxylic acids is 3. The summed E-state index contributed by atoms with van der Waals surface area (Å²) in [5, 5.41) is 13.2. The lowest BCUT2D eigenvalue weighted by molar-refractivity contribution is -0.577. The predicted octanol–water partition coefficient (Wildman–Crippen LogP) is 2.58. The summed E-state index contributed by atoms with van der Waals surface area (Å²) in [5.41, 5.74) is 1.95. The number of fused-ring (bicyclic) bond motifs is 1. The van der Waals surface area contributed by atoms with Crippen molar-refractivity contribution in [2.45, 2.75) is 25.9 Å². The van der Waals surface area contributed by atoms with Gasteiger partial charge in [0.15, 0.2) is 6.20 Å². The fraction of sp³-hybridized carbons (Fsp3) is 0.182. The van der Waals surface area contributed by atoms with Gasteiger partial charge in [0.2, 0.25) is 17.3 Å². The molecule has 1 saturated heterocycles. The Bertz CT molecular complexity index is 1130. The van der Waals surface area contributed by atoms with E-state index in [-0.39, 0.29) is 24.8 Å². The van der Waals surface area contributed by atoms with Gasteiger partial charge in [-0.25, -0.2) is 0 Å². The molecule has 0 bridgehead atoms. The first-order valence-corrected chi connectivity index (χ1v) is 9.16. The van der Waals surface area contributed by atoms with Crippen LogP contribution in [0.4, 0.5) is 5.69 Å². The molecular weight excluding hydrogens is 372 g/mol.